The molecule has 1 aromatic rings. The summed E-state index contributed by atoms with van der Waals surface area (Å²) in [6.07, 6.45) is 1.13. The number of ether oxygens (including phenoxy) is 1. The molecule has 0 radical (unpaired) electrons. The maximum Gasteiger partial charge on any atom is 0.242 e. The molecule has 0 aromatic heterocycles. The standard InChI is InChI=1S/C17H23ClFN3O2/c18-14-2-1-3-15(19)13(14)12-21-6-8-22(9-7-21)16(23)17(20)4-10-24-11-5-17/h1-3H,4-12,20H2. The minimum absolute atomic E-state index is 0.00868. The molecule has 132 valence electrons. The van der Waals surface area contributed by atoms with Crippen LogP contribution in [0.2, 0.25) is 5.02 Å². The van der Waals surface area contributed by atoms with Gasteiger partial charge >= 0.3 is 0 Å². The van der Waals surface area contributed by atoms with Crippen LogP contribution in [0.3, 0.4) is 0 Å². The Balaban J connectivity index is 1.57. The van der Waals surface area contributed by atoms with Crippen LogP contribution in [0.5, 0.6) is 0 Å². The van der Waals surface area contributed by atoms with Gasteiger partial charge in [0.2, 0.25) is 5.91 Å². The molecule has 0 saturated carbocycles. The number of nitrogens with two attached hydrogens (primary N) is 1. The van der Waals surface area contributed by atoms with Crippen LogP contribution in [-0.4, -0.2) is 60.6 Å². The smallest absolute Gasteiger partial charge is 0.242 e. The molecule has 24 heavy (non-hydrogen) atoms. The number of nitrogens with zero attached hydrogens (tertiary/aromatic N) is 2. The van der Waals surface area contributed by atoms with E-state index in [1.165, 1.54) is 6.07 Å². The van der Waals surface area contributed by atoms with Gasteiger partial charge in [-0.2, -0.15) is 0 Å². The number of hydrogen-bond acceptors (Lipinski definition) is 4. The first-order chi connectivity index (χ1) is 11.5. The Bertz CT molecular complexity index is 579. The van der Waals surface area contributed by atoms with Gasteiger partial charge in [-0.15, -0.1) is 0 Å². The third-order valence-electron chi connectivity index (χ3n) is 4.91. The fraction of sp³-hybridized carbons (Fsp3) is 0.588. The van der Waals surface area contributed by atoms with Gasteiger partial charge in [-0.05, 0) is 25.0 Å². The van der Waals surface area contributed by atoms with Crippen LogP contribution >= 0.6 is 11.6 Å². The predicted molar refractivity (Wildman–Crippen MR) is 90.2 cm³/mol. The molecule has 2 N–H and O–H groups in total. The van der Waals surface area contributed by atoms with Crippen LogP contribution < -0.4 is 5.73 Å². The van der Waals surface area contributed by atoms with Crippen LogP contribution in [0, 0.1) is 5.82 Å². The summed E-state index contributed by atoms with van der Waals surface area (Å²) >= 11 is 6.09. The van der Waals surface area contributed by atoms with Crippen molar-refractivity contribution < 1.29 is 13.9 Å². The molecule has 2 aliphatic heterocycles. The summed E-state index contributed by atoms with van der Waals surface area (Å²) in [5, 5.41) is 0.441. The number of amides is 1. The Hall–Kier alpha value is -1.21. The van der Waals surface area contributed by atoms with E-state index in [1.54, 1.807) is 12.1 Å². The Morgan fingerprint density at radius 3 is 2.54 bits per heavy atom. The zero-order valence-corrected chi connectivity index (χ0v) is 14.4. The molecule has 0 spiro atoms. The van der Waals surface area contributed by atoms with Gasteiger partial charge in [0.25, 0.3) is 0 Å². The van der Waals surface area contributed by atoms with Crippen LogP contribution in [0.25, 0.3) is 0 Å². The molecule has 5 nitrogen and oxygen atoms in total. The molecule has 0 unspecified atom stereocenters. The van der Waals surface area contributed by atoms with E-state index in [4.69, 9.17) is 22.1 Å². The van der Waals surface area contributed by atoms with E-state index >= 15 is 0 Å². The van der Waals surface area contributed by atoms with Gasteiger partial charge < -0.3 is 15.4 Å². The highest BCUT2D eigenvalue weighted by Gasteiger charge is 2.39. The van der Waals surface area contributed by atoms with Crippen molar-refractivity contribution >= 4 is 17.5 Å². The van der Waals surface area contributed by atoms with E-state index in [0.29, 0.717) is 69.4 Å². The largest absolute Gasteiger partial charge is 0.381 e. The van der Waals surface area contributed by atoms with Gasteiger partial charge in [0.15, 0.2) is 0 Å². The molecule has 2 heterocycles. The summed E-state index contributed by atoms with van der Waals surface area (Å²) in [6.45, 7) is 4.10. The molecule has 3 rings (SSSR count). The average molecular weight is 356 g/mol. The molecule has 1 aromatic carbocycles. The number of hydrogen-bond donors (Lipinski definition) is 1. The van der Waals surface area contributed by atoms with E-state index in [2.05, 4.69) is 4.90 Å². The second-order valence-corrected chi connectivity index (χ2v) is 6.94. The monoisotopic (exact) mass is 355 g/mol. The summed E-state index contributed by atoms with van der Waals surface area (Å²) in [4.78, 5) is 16.6. The molecule has 2 aliphatic rings. The average Bonchev–Trinajstić information content (AvgIpc) is 2.59. The lowest BCUT2D eigenvalue weighted by atomic mass is 9.89. The van der Waals surface area contributed by atoms with E-state index in [0.717, 1.165) is 0 Å². The Labute approximate surface area is 146 Å². The third-order valence-corrected chi connectivity index (χ3v) is 5.27. The lowest BCUT2D eigenvalue weighted by Crippen LogP contribution is -2.61. The maximum absolute atomic E-state index is 13.9. The fourth-order valence-electron chi connectivity index (χ4n) is 3.28. The van der Waals surface area contributed by atoms with Gasteiger partial charge in [-0.3, -0.25) is 9.69 Å². The van der Waals surface area contributed by atoms with Gasteiger partial charge in [-0.1, -0.05) is 17.7 Å². The number of halogens is 2. The second-order valence-electron chi connectivity index (χ2n) is 6.54. The minimum atomic E-state index is -0.796. The summed E-state index contributed by atoms with van der Waals surface area (Å²) < 4.78 is 19.2. The van der Waals surface area contributed by atoms with Gasteiger partial charge in [0.1, 0.15) is 5.82 Å². The highest BCUT2D eigenvalue weighted by Crippen LogP contribution is 2.23. The van der Waals surface area contributed by atoms with Gasteiger partial charge in [0.05, 0.1) is 5.54 Å². The number of rotatable bonds is 3. The van der Waals surface area contributed by atoms with Crippen molar-refractivity contribution in [2.45, 2.75) is 24.9 Å². The van der Waals surface area contributed by atoms with Crippen molar-refractivity contribution in [1.29, 1.82) is 0 Å². The van der Waals surface area contributed by atoms with Crippen LogP contribution in [0.15, 0.2) is 18.2 Å². The molecule has 2 saturated heterocycles. The molecular weight excluding hydrogens is 333 g/mol. The van der Waals surface area contributed by atoms with Crippen molar-refractivity contribution in [2.24, 2.45) is 5.73 Å². The number of benzene rings is 1. The minimum Gasteiger partial charge on any atom is -0.381 e. The van der Waals surface area contributed by atoms with Crippen LogP contribution in [0.4, 0.5) is 4.39 Å². The van der Waals surface area contributed by atoms with Gasteiger partial charge in [0, 0.05) is 56.5 Å². The second kappa shape index (κ2) is 7.35. The van der Waals surface area contributed by atoms with Gasteiger partial charge in [-0.25, -0.2) is 4.39 Å². The van der Waals surface area contributed by atoms with E-state index < -0.39 is 5.54 Å². The highest BCUT2D eigenvalue weighted by atomic mass is 35.5. The molecule has 0 bridgehead atoms. The van der Waals surface area contributed by atoms with Crippen molar-refractivity contribution in [1.82, 2.24) is 9.80 Å². The summed E-state index contributed by atoms with van der Waals surface area (Å²) in [6, 6.07) is 4.72. The number of carbonyl (C=O) groups excluding carboxylic acids is 1. The van der Waals surface area contributed by atoms with Crippen LogP contribution in [0.1, 0.15) is 18.4 Å². The quantitative estimate of drug-likeness (QED) is 0.895. The first-order valence-corrected chi connectivity index (χ1v) is 8.69. The predicted octanol–water partition coefficient (Wildman–Crippen LogP) is 1.63. The molecule has 1 amide bonds. The Morgan fingerprint density at radius 2 is 1.92 bits per heavy atom. The van der Waals surface area contributed by atoms with Crippen molar-refractivity contribution in [2.75, 3.05) is 39.4 Å². The summed E-state index contributed by atoms with van der Waals surface area (Å²) in [7, 11) is 0. The molecule has 2 fully saturated rings. The number of piperazine rings is 1. The van der Waals surface area contributed by atoms with Crippen LogP contribution in [-0.2, 0) is 16.1 Å². The SMILES string of the molecule is NC1(C(=O)N2CCN(Cc3c(F)cccc3Cl)CC2)CCOCC1. The summed E-state index contributed by atoms with van der Waals surface area (Å²) in [5.74, 6) is -0.279. The number of carbonyl (C=O) groups is 1. The Morgan fingerprint density at radius 1 is 1.25 bits per heavy atom. The molecular formula is C17H23ClFN3O2. The maximum atomic E-state index is 13.9. The fourth-order valence-corrected chi connectivity index (χ4v) is 3.50. The Kier molecular flexibility index (Phi) is 5.39. The normalized spacial score (nSPS) is 21.7. The topological polar surface area (TPSA) is 58.8 Å². The first kappa shape index (κ1) is 17.6. The zero-order valence-electron chi connectivity index (χ0n) is 13.6. The van der Waals surface area contributed by atoms with E-state index in [1.807, 2.05) is 4.90 Å². The highest BCUT2D eigenvalue weighted by molar-refractivity contribution is 6.31. The van der Waals surface area contributed by atoms with Crippen molar-refractivity contribution in [3.63, 3.8) is 0 Å². The van der Waals surface area contributed by atoms with Crippen molar-refractivity contribution in [3.05, 3.63) is 34.6 Å². The van der Waals surface area contributed by atoms with E-state index in [9.17, 15) is 9.18 Å². The summed E-state index contributed by atoms with van der Waals surface area (Å²) in [5.41, 5.74) is 6.00. The first-order valence-electron chi connectivity index (χ1n) is 8.31. The van der Waals surface area contributed by atoms with E-state index in [-0.39, 0.29) is 11.7 Å². The molecule has 0 atom stereocenters. The molecule has 0 aliphatic carbocycles. The van der Waals surface area contributed by atoms with Crippen molar-refractivity contribution in [3.8, 4) is 0 Å². The third kappa shape index (κ3) is 3.72. The zero-order chi connectivity index (χ0) is 17.2. The lowest BCUT2D eigenvalue weighted by molar-refractivity contribution is -0.142. The lowest BCUT2D eigenvalue weighted by Gasteiger charge is -2.41. The molecule has 7 heteroatoms.